The van der Waals surface area contributed by atoms with E-state index < -0.39 is 0 Å². The zero-order valence-electron chi connectivity index (χ0n) is 14.9. The van der Waals surface area contributed by atoms with E-state index in [9.17, 15) is 4.79 Å². The summed E-state index contributed by atoms with van der Waals surface area (Å²) in [6.45, 7) is 4.82. The van der Waals surface area contributed by atoms with Gasteiger partial charge in [0.05, 0.1) is 5.92 Å². The van der Waals surface area contributed by atoms with E-state index in [-0.39, 0.29) is 11.9 Å². The average molecular weight is 309 g/mol. The molecule has 0 heterocycles. The summed E-state index contributed by atoms with van der Waals surface area (Å²) in [5.74, 6) is 2.58. The Balaban J connectivity index is 4.01. The second kappa shape index (κ2) is 16.4. The lowest BCUT2D eigenvalue weighted by Crippen LogP contribution is -2.18. The van der Waals surface area contributed by atoms with E-state index in [1.807, 2.05) is 0 Å². The number of ether oxygens (including phenoxy) is 1. The molecule has 0 amide bonds. The Morgan fingerprint density at radius 1 is 0.909 bits per heavy atom. The largest absolute Gasteiger partial charge is 0.464 e. The molecule has 0 radical (unpaired) electrons. The van der Waals surface area contributed by atoms with Gasteiger partial charge in [0, 0.05) is 6.42 Å². The van der Waals surface area contributed by atoms with Crippen molar-refractivity contribution in [1.82, 2.24) is 0 Å². The van der Waals surface area contributed by atoms with Crippen molar-refractivity contribution in [3.05, 3.63) is 0 Å². The van der Waals surface area contributed by atoms with E-state index in [0.717, 1.165) is 25.7 Å². The molecule has 2 nitrogen and oxygen atoms in total. The van der Waals surface area contributed by atoms with Gasteiger partial charge in [-0.1, -0.05) is 78.1 Å². The van der Waals surface area contributed by atoms with Gasteiger partial charge in [-0.25, -0.2) is 0 Å². The summed E-state index contributed by atoms with van der Waals surface area (Å²) >= 11 is 0. The molecule has 0 fully saturated rings. The predicted molar refractivity (Wildman–Crippen MR) is 94.7 cm³/mol. The summed E-state index contributed by atoms with van der Waals surface area (Å²) in [5, 5.41) is 0. The van der Waals surface area contributed by atoms with Crippen LogP contribution in [0.5, 0.6) is 0 Å². The van der Waals surface area contributed by atoms with Gasteiger partial charge in [-0.05, 0) is 12.8 Å². The Labute approximate surface area is 138 Å². The standard InChI is InChI=1S/C20H36O2/c1-4-7-10-12-14-16-19(17-15-13-11-8-5-2)20(21)22-18-9-6-3/h3,19H,4-5,7-18H2,1-2H3. The number of hydrogen-bond donors (Lipinski definition) is 0. The number of carbonyl (C=O) groups excluding carboxylic acids is 1. The van der Waals surface area contributed by atoms with E-state index in [1.165, 1.54) is 51.4 Å². The fourth-order valence-electron chi connectivity index (χ4n) is 2.70. The first-order valence-electron chi connectivity index (χ1n) is 9.36. The third-order valence-electron chi connectivity index (χ3n) is 4.14. The Hall–Kier alpha value is -0.970. The van der Waals surface area contributed by atoms with Crippen molar-refractivity contribution in [1.29, 1.82) is 0 Å². The molecule has 128 valence electrons. The van der Waals surface area contributed by atoms with Gasteiger partial charge in [0.2, 0.25) is 0 Å². The van der Waals surface area contributed by atoms with Crippen LogP contribution < -0.4 is 0 Å². The first kappa shape index (κ1) is 21.0. The van der Waals surface area contributed by atoms with Crippen molar-refractivity contribution in [3.63, 3.8) is 0 Å². The number of unbranched alkanes of at least 4 members (excludes halogenated alkanes) is 8. The fourth-order valence-corrected chi connectivity index (χ4v) is 2.70. The SMILES string of the molecule is C#CCCOC(=O)C(CCCCCCC)CCCCCCC. The topological polar surface area (TPSA) is 26.3 Å². The molecule has 0 aromatic heterocycles. The van der Waals surface area contributed by atoms with E-state index in [2.05, 4.69) is 19.8 Å². The van der Waals surface area contributed by atoms with Gasteiger partial charge < -0.3 is 4.74 Å². The summed E-state index contributed by atoms with van der Waals surface area (Å²) in [4.78, 5) is 12.2. The lowest BCUT2D eigenvalue weighted by molar-refractivity contribution is -0.149. The smallest absolute Gasteiger partial charge is 0.308 e. The van der Waals surface area contributed by atoms with Crippen molar-refractivity contribution < 1.29 is 9.53 Å². The van der Waals surface area contributed by atoms with E-state index in [0.29, 0.717) is 13.0 Å². The fraction of sp³-hybridized carbons (Fsp3) is 0.850. The maximum atomic E-state index is 12.2. The molecule has 0 aromatic carbocycles. The molecule has 22 heavy (non-hydrogen) atoms. The zero-order chi connectivity index (χ0) is 16.5. The van der Waals surface area contributed by atoms with Gasteiger partial charge >= 0.3 is 5.97 Å². The molecule has 0 spiro atoms. The minimum atomic E-state index is -0.0266. The van der Waals surface area contributed by atoms with Gasteiger partial charge in [-0.3, -0.25) is 4.79 Å². The molecule has 2 heteroatoms. The van der Waals surface area contributed by atoms with Crippen LogP contribution in [0, 0.1) is 18.3 Å². The molecular formula is C20H36O2. The van der Waals surface area contributed by atoms with Crippen LogP contribution in [0.3, 0.4) is 0 Å². The second-order valence-electron chi connectivity index (χ2n) is 6.22. The van der Waals surface area contributed by atoms with Gasteiger partial charge in [-0.2, -0.15) is 0 Å². The molecule has 0 saturated heterocycles. The van der Waals surface area contributed by atoms with Crippen molar-refractivity contribution in [2.45, 2.75) is 97.3 Å². The van der Waals surface area contributed by atoms with Crippen molar-refractivity contribution in [2.75, 3.05) is 6.61 Å². The van der Waals surface area contributed by atoms with Gasteiger partial charge in [0.25, 0.3) is 0 Å². The molecule has 0 saturated carbocycles. The summed E-state index contributed by atoms with van der Waals surface area (Å²) in [7, 11) is 0. The maximum Gasteiger partial charge on any atom is 0.308 e. The normalized spacial score (nSPS) is 10.6. The summed E-state index contributed by atoms with van der Waals surface area (Å²) in [5.41, 5.74) is 0. The summed E-state index contributed by atoms with van der Waals surface area (Å²) < 4.78 is 5.32. The highest BCUT2D eigenvalue weighted by molar-refractivity contribution is 5.72. The first-order chi connectivity index (χ1) is 10.8. The molecule has 0 unspecified atom stereocenters. The monoisotopic (exact) mass is 308 g/mol. The number of terminal acetylenes is 1. The minimum absolute atomic E-state index is 0.0266. The molecule has 0 N–H and O–H groups in total. The average Bonchev–Trinajstić information content (AvgIpc) is 2.52. The van der Waals surface area contributed by atoms with Gasteiger partial charge in [-0.15, -0.1) is 12.3 Å². The highest BCUT2D eigenvalue weighted by atomic mass is 16.5. The van der Waals surface area contributed by atoms with Crippen LogP contribution >= 0.6 is 0 Å². The highest BCUT2D eigenvalue weighted by Crippen LogP contribution is 2.20. The number of rotatable bonds is 15. The van der Waals surface area contributed by atoms with E-state index in [1.54, 1.807) is 0 Å². The highest BCUT2D eigenvalue weighted by Gasteiger charge is 2.19. The van der Waals surface area contributed by atoms with Crippen molar-refractivity contribution in [3.8, 4) is 12.3 Å². The minimum Gasteiger partial charge on any atom is -0.464 e. The Morgan fingerprint density at radius 2 is 1.41 bits per heavy atom. The lowest BCUT2D eigenvalue weighted by Gasteiger charge is -2.15. The molecular weight excluding hydrogens is 272 g/mol. The molecule has 0 aliphatic rings. The van der Waals surface area contributed by atoms with E-state index >= 15 is 0 Å². The third kappa shape index (κ3) is 12.7. The predicted octanol–water partition coefficient (Wildman–Crippen LogP) is 5.89. The molecule has 0 aliphatic carbocycles. The van der Waals surface area contributed by atoms with Crippen LogP contribution in [0.2, 0.25) is 0 Å². The second-order valence-corrected chi connectivity index (χ2v) is 6.22. The van der Waals surface area contributed by atoms with Crippen LogP contribution in [0.25, 0.3) is 0 Å². The van der Waals surface area contributed by atoms with Crippen LogP contribution in [0.15, 0.2) is 0 Å². The van der Waals surface area contributed by atoms with Crippen LogP contribution in [0.1, 0.15) is 97.3 Å². The number of hydrogen-bond acceptors (Lipinski definition) is 2. The molecule has 0 atom stereocenters. The zero-order valence-corrected chi connectivity index (χ0v) is 14.9. The van der Waals surface area contributed by atoms with E-state index in [4.69, 9.17) is 11.2 Å². The summed E-state index contributed by atoms with van der Waals surface area (Å²) in [6.07, 6.45) is 20.1. The molecule has 0 bridgehead atoms. The van der Waals surface area contributed by atoms with Gasteiger partial charge in [0.15, 0.2) is 0 Å². The maximum absolute atomic E-state index is 12.2. The molecule has 0 rings (SSSR count). The lowest BCUT2D eigenvalue weighted by atomic mass is 9.94. The number of carbonyl (C=O) groups is 1. The third-order valence-corrected chi connectivity index (χ3v) is 4.14. The summed E-state index contributed by atoms with van der Waals surface area (Å²) in [6, 6.07) is 0. The van der Waals surface area contributed by atoms with Gasteiger partial charge in [0.1, 0.15) is 6.61 Å². The van der Waals surface area contributed by atoms with Crippen LogP contribution in [0.4, 0.5) is 0 Å². The van der Waals surface area contributed by atoms with Crippen LogP contribution in [-0.4, -0.2) is 12.6 Å². The molecule has 0 aliphatic heterocycles. The first-order valence-corrected chi connectivity index (χ1v) is 9.36. The Morgan fingerprint density at radius 3 is 1.86 bits per heavy atom. The Kier molecular flexibility index (Phi) is 15.7. The van der Waals surface area contributed by atoms with Crippen molar-refractivity contribution >= 4 is 5.97 Å². The quantitative estimate of drug-likeness (QED) is 0.214. The Bertz CT molecular complexity index is 277. The molecule has 0 aromatic rings. The number of esters is 1. The van der Waals surface area contributed by atoms with Crippen LogP contribution in [-0.2, 0) is 9.53 Å². The van der Waals surface area contributed by atoms with Crippen molar-refractivity contribution in [2.24, 2.45) is 5.92 Å².